The number of hydrogen-bond acceptors (Lipinski definition) is 6. The molecule has 2 atom stereocenters. The average Bonchev–Trinajstić information content (AvgIpc) is 2.60. The van der Waals surface area contributed by atoms with Crippen LogP contribution in [0.4, 0.5) is 10.7 Å². The van der Waals surface area contributed by atoms with Crippen LogP contribution in [0.15, 0.2) is 12.3 Å². The van der Waals surface area contributed by atoms with Crippen molar-refractivity contribution in [1.29, 1.82) is 0 Å². The molecule has 3 amide bonds. The van der Waals surface area contributed by atoms with Gasteiger partial charge in [-0.05, 0) is 12.5 Å². The summed E-state index contributed by atoms with van der Waals surface area (Å²) in [5, 5.41) is 2.53. The highest BCUT2D eigenvalue weighted by Gasteiger charge is 2.31. The average molecular weight is 350 g/mol. The number of nitrogens with one attached hydrogen (secondary N) is 1. The molecule has 1 aromatic heterocycles. The summed E-state index contributed by atoms with van der Waals surface area (Å²) >= 11 is 0. The lowest BCUT2D eigenvalue weighted by Gasteiger charge is -2.35. The minimum absolute atomic E-state index is 0.143. The van der Waals surface area contributed by atoms with Gasteiger partial charge in [-0.2, -0.15) is 0 Å². The standard InChI is InChI=1S/C16H26N6O3/c1-4-5-12(19-15(17)24)14(23)22-8-9-25-13(10-22)11-6-7-18-16(20-11)21(2)3/h6-7,12-13H,4-5,8-10H2,1-3H3,(H3,17,19,24)/t12-,13?/m1/s1. The third-order valence-corrected chi connectivity index (χ3v) is 3.96. The highest BCUT2D eigenvalue weighted by Crippen LogP contribution is 2.22. The first kappa shape index (κ1) is 18.9. The van der Waals surface area contributed by atoms with E-state index in [2.05, 4.69) is 15.3 Å². The number of nitrogens with zero attached hydrogens (tertiary/aromatic N) is 4. The number of rotatable bonds is 6. The number of carbonyl (C=O) groups excluding carboxylic acids is 2. The molecular weight excluding hydrogens is 324 g/mol. The molecular formula is C16H26N6O3. The first-order valence-corrected chi connectivity index (χ1v) is 8.39. The van der Waals surface area contributed by atoms with Crippen LogP contribution >= 0.6 is 0 Å². The molecule has 1 saturated heterocycles. The zero-order valence-corrected chi connectivity index (χ0v) is 14.9. The molecule has 0 spiro atoms. The maximum atomic E-state index is 12.7. The van der Waals surface area contributed by atoms with Crippen molar-refractivity contribution in [2.45, 2.75) is 31.9 Å². The zero-order valence-electron chi connectivity index (χ0n) is 14.9. The number of primary amides is 1. The number of urea groups is 1. The number of ether oxygens (including phenoxy) is 1. The fourth-order valence-electron chi connectivity index (χ4n) is 2.72. The SMILES string of the molecule is CCC[C@@H](NC(N)=O)C(=O)N1CCOC(c2ccnc(N(C)C)n2)C1. The van der Waals surface area contributed by atoms with Crippen molar-refractivity contribution in [2.24, 2.45) is 5.73 Å². The molecule has 3 N–H and O–H groups in total. The Hall–Kier alpha value is -2.42. The lowest BCUT2D eigenvalue weighted by molar-refractivity contribution is -0.141. The second kappa shape index (κ2) is 8.61. The zero-order chi connectivity index (χ0) is 18.4. The molecule has 1 unspecified atom stereocenters. The van der Waals surface area contributed by atoms with Crippen molar-refractivity contribution in [3.63, 3.8) is 0 Å². The van der Waals surface area contributed by atoms with Gasteiger partial charge in [0, 0.05) is 26.8 Å². The van der Waals surface area contributed by atoms with Crippen molar-refractivity contribution < 1.29 is 14.3 Å². The molecule has 1 aromatic rings. The Morgan fingerprint density at radius 3 is 2.92 bits per heavy atom. The third-order valence-electron chi connectivity index (χ3n) is 3.96. The number of amides is 3. The third kappa shape index (κ3) is 5.02. The quantitative estimate of drug-likeness (QED) is 0.762. The predicted molar refractivity (Wildman–Crippen MR) is 93.0 cm³/mol. The van der Waals surface area contributed by atoms with Gasteiger partial charge in [-0.3, -0.25) is 4.79 Å². The number of nitrogens with two attached hydrogens (primary N) is 1. The molecule has 2 heterocycles. The van der Waals surface area contributed by atoms with Gasteiger partial charge in [0.15, 0.2) is 0 Å². The molecule has 1 fully saturated rings. The molecule has 0 aliphatic carbocycles. The predicted octanol–water partition coefficient (Wildman–Crippen LogP) is 0.280. The highest BCUT2D eigenvalue weighted by molar-refractivity contribution is 5.86. The van der Waals surface area contributed by atoms with E-state index in [1.54, 1.807) is 17.2 Å². The number of carbonyl (C=O) groups is 2. The van der Waals surface area contributed by atoms with Gasteiger partial charge < -0.3 is 25.6 Å². The molecule has 25 heavy (non-hydrogen) atoms. The van der Waals surface area contributed by atoms with Crippen LogP contribution in [0.3, 0.4) is 0 Å². The highest BCUT2D eigenvalue weighted by atomic mass is 16.5. The fraction of sp³-hybridized carbons (Fsp3) is 0.625. The Balaban J connectivity index is 2.10. The topological polar surface area (TPSA) is 114 Å². The number of morpholine rings is 1. The van der Waals surface area contributed by atoms with Crippen molar-refractivity contribution >= 4 is 17.9 Å². The summed E-state index contributed by atoms with van der Waals surface area (Å²) in [6.07, 6.45) is 2.66. The molecule has 0 radical (unpaired) electrons. The second-order valence-corrected chi connectivity index (χ2v) is 6.17. The van der Waals surface area contributed by atoms with Crippen molar-refractivity contribution in [1.82, 2.24) is 20.2 Å². The van der Waals surface area contributed by atoms with Crippen LogP contribution < -0.4 is 16.0 Å². The molecule has 0 saturated carbocycles. The van der Waals surface area contributed by atoms with Crippen LogP contribution in [0.1, 0.15) is 31.6 Å². The summed E-state index contributed by atoms with van der Waals surface area (Å²) in [6.45, 7) is 3.22. The first-order chi connectivity index (χ1) is 11.9. The van der Waals surface area contributed by atoms with E-state index in [1.165, 1.54) is 0 Å². The molecule has 0 bridgehead atoms. The summed E-state index contributed by atoms with van der Waals surface area (Å²) in [5.74, 6) is 0.444. The second-order valence-electron chi connectivity index (χ2n) is 6.17. The van der Waals surface area contributed by atoms with Crippen molar-refractivity contribution in [3.05, 3.63) is 18.0 Å². The van der Waals surface area contributed by atoms with Gasteiger partial charge >= 0.3 is 6.03 Å². The van der Waals surface area contributed by atoms with Crippen LogP contribution in [-0.4, -0.2) is 66.6 Å². The van der Waals surface area contributed by atoms with Gasteiger partial charge in [0.2, 0.25) is 11.9 Å². The van der Waals surface area contributed by atoms with E-state index in [4.69, 9.17) is 10.5 Å². The van der Waals surface area contributed by atoms with Gasteiger partial charge in [0.05, 0.1) is 18.8 Å². The Morgan fingerprint density at radius 2 is 2.28 bits per heavy atom. The monoisotopic (exact) mass is 350 g/mol. The van der Waals surface area contributed by atoms with Crippen LogP contribution in [0.5, 0.6) is 0 Å². The minimum Gasteiger partial charge on any atom is -0.368 e. The summed E-state index contributed by atoms with van der Waals surface area (Å²) < 4.78 is 5.79. The van der Waals surface area contributed by atoms with E-state index in [0.29, 0.717) is 32.1 Å². The summed E-state index contributed by atoms with van der Waals surface area (Å²) in [4.78, 5) is 36.1. The smallest absolute Gasteiger partial charge is 0.312 e. The fourth-order valence-corrected chi connectivity index (χ4v) is 2.72. The Kier molecular flexibility index (Phi) is 6.51. The van der Waals surface area contributed by atoms with E-state index in [1.807, 2.05) is 25.9 Å². The molecule has 0 aromatic carbocycles. The van der Waals surface area contributed by atoms with E-state index in [9.17, 15) is 9.59 Å². The van der Waals surface area contributed by atoms with Gasteiger partial charge in [-0.15, -0.1) is 0 Å². The first-order valence-electron chi connectivity index (χ1n) is 8.39. The van der Waals surface area contributed by atoms with Gasteiger partial charge in [-0.25, -0.2) is 14.8 Å². The van der Waals surface area contributed by atoms with E-state index >= 15 is 0 Å². The van der Waals surface area contributed by atoms with E-state index < -0.39 is 12.1 Å². The van der Waals surface area contributed by atoms with Crippen LogP contribution in [0.25, 0.3) is 0 Å². The van der Waals surface area contributed by atoms with E-state index in [-0.39, 0.29) is 12.0 Å². The Labute approximate surface area is 147 Å². The minimum atomic E-state index is -0.692. The van der Waals surface area contributed by atoms with Crippen LogP contribution in [-0.2, 0) is 9.53 Å². The normalized spacial score (nSPS) is 18.5. The molecule has 138 valence electrons. The Morgan fingerprint density at radius 1 is 1.52 bits per heavy atom. The van der Waals surface area contributed by atoms with Crippen molar-refractivity contribution in [2.75, 3.05) is 38.7 Å². The molecule has 1 aliphatic rings. The maximum Gasteiger partial charge on any atom is 0.312 e. The summed E-state index contributed by atoms with van der Waals surface area (Å²) in [6, 6.07) is 0.489. The molecule has 9 nitrogen and oxygen atoms in total. The summed E-state index contributed by atoms with van der Waals surface area (Å²) in [7, 11) is 3.73. The maximum absolute atomic E-state index is 12.7. The van der Waals surface area contributed by atoms with E-state index in [0.717, 1.165) is 12.1 Å². The number of anilines is 1. The lowest BCUT2D eigenvalue weighted by atomic mass is 10.1. The van der Waals surface area contributed by atoms with Gasteiger partial charge in [-0.1, -0.05) is 13.3 Å². The summed E-state index contributed by atoms with van der Waals surface area (Å²) in [5.41, 5.74) is 5.92. The number of hydrogen-bond donors (Lipinski definition) is 2. The molecule has 1 aliphatic heterocycles. The van der Waals surface area contributed by atoms with Gasteiger partial charge in [0.25, 0.3) is 0 Å². The largest absolute Gasteiger partial charge is 0.368 e. The molecule has 2 rings (SSSR count). The number of aromatic nitrogens is 2. The van der Waals surface area contributed by atoms with Crippen LogP contribution in [0, 0.1) is 0 Å². The van der Waals surface area contributed by atoms with Crippen molar-refractivity contribution in [3.8, 4) is 0 Å². The lowest BCUT2D eigenvalue weighted by Crippen LogP contribution is -2.53. The van der Waals surface area contributed by atoms with Crippen LogP contribution in [0.2, 0.25) is 0 Å². The van der Waals surface area contributed by atoms with Gasteiger partial charge in [0.1, 0.15) is 12.1 Å². The Bertz CT molecular complexity index is 609. The molecule has 9 heteroatoms.